The molecule has 1 atom stereocenters. The second kappa shape index (κ2) is 4.55. The molecule has 0 spiro atoms. The molecule has 0 aliphatic carbocycles. The van der Waals surface area contributed by atoms with E-state index >= 15 is 0 Å². The molecule has 19 heavy (non-hydrogen) atoms. The second-order valence-corrected chi connectivity index (χ2v) is 4.87. The molecule has 3 nitrogen and oxygen atoms in total. The predicted molar refractivity (Wildman–Crippen MR) is 75.8 cm³/mol. The van der Waals surface area contributed by atoms with Crippen LogP contribution in [0.1, 0.15) is 21.8 Å². The Morgan fingerprint density at radius 3 is 2.53 bits per heavy atom. The molecule has 94 valence electrons. The molecule has 1 aliphatic heterocycles. The third kappa shape index (κ3) is 1.94. The Hall–Kier alpha value is -2.07. The molecule has 1 N–H and O–H groups in total. The van der Waals surface area contributed by atoms with Crippen LogP contribution in [-0.2, 0) is 4.79 Å². The number of nitrogens with one attached hydrogen (secondary N) is 1. The van der Waals surface area contributed by atoms with Gasteiger partial charge < -0.3 is 5.32 Å². The number of fused-ring (bicyclic) bond motifs is 1. The summed E-state index contributed by atoms with van der Waals surface area (Å²) in [6, 6.07) is 14.3. The van der Waals surface area contributed by atoms with Gasteiger partial charge in [-0.25, -0.2) is 0 Å². The number of hydrogen-bond donors (Lipinski definition) is 2. The molecule has 0 radical (unpaired) electrons. The largest absolute Gasteiger partial charge is 0.325 e. The highest BCUT2D eigenvalue weighted by molar-refractivity contribution is 7.80. The first-order chi connectivity index (χ1) is 9.18. The lowest BCUT2D eigenvalue weighted by Gasteiger charge is -2.09. The molecule has 1 heterocycles. The van der Waals surface area contributed by atoms with E-state index in [1.54, 1.807) is 30.3 Å². The number of thiol groups is 1. The Balaban J connectivity index is 2.06. The van der Waals surface area contributed by atoms with Crippen molar-refractivity contribution in [2.24, 2.45) is 0 Å². The van der Waals surface area contributed by atoms with Crippen LogP contribution in [-0.4, -0.2) is 11.7 Å². The lowest BCUT2D eigenvalue weighted by Crippen LogP contribution is -2.21. The maximum atomic E-state index is 12.5. The molecule has 2 aromatic rings. The Morgan fingerprint density at radius 1 is 1.05 bits per heavy atom. The first-order valence-corrected chi connectivity index (χ1v) is 6.35. The van der Waals surface area contributed by atoms with E-state index in [9.17, 15) is 9.59 Å². The zero-order valence-corrected chi connectivity index (χ0v) is 10.9. The minimum absolute atomic E-state index is 0.215. The average Bonchev–Trinajstić information content (AvgIpc) is 2.74. The van der Waals surface area contributed by atoms with E-state index in [-0.39, 0.29) is 11.7 Å². The van der Waals surface area contributed by atoms with Gasteiger partial charge in [0.1, 0.15) is 5.92 Å². The van der Waals surface area contributed by atoms with Crippen LogP contribution in [0, 0.1) is 0 Å². The molecule has 0 aromatic heterocycles. The summed E-state index contributed by atoms with van der Waals surface area (Å²) >= 11 is 4.28. The predicted octanol–water partition coefficient (Wildman–Crippen LogP) is 2.89. The van der Waals surface area contributed by atoms with E-state index in [4.69, 9.17) is 0 Å². The van der Waals surface area contributed by atoms with E-state index in [1.165, 1.54) is 0 Å². The minimum atomic E-state index is -0.774. The molecule has 4 heteroatoms. The van der Waals surface area contributed by atoms with Crippen molar-refractivity contribution < 1.29 is 9.59 Å². The van der Waals surface area contributed by atoms with Gasteiger partial charge in [-0.1, -0.05) is 36.4 Å². The number of carbonyl (C=O) groups excluding carboxylic acids is 2. The quantitative estimate of drug-likeness (QED) is 0.500. The summed E-state index contributed by atoms with van der Waals surface area (Å²) in [5.74, 6) is -1.26. The van der Waals surface area contributed by atoms with Crippen molar-refractivity contribution in [1.29, 1.82) is 0 Å². The number of hydrogen-bond acceptors (Lipinski definition) is 3. The maximum absolute atomic E-state index is 12.5. The van der Waals surface area contributed by atoms with E-state index < -0.39 is 5.92 Å². The van der Waals surface area contributed by atoms with Crippen molar-refractivity contribution in [2.45, 2.75) is 10.8 Å². The van der Waals surface area contributed by atoms with E-state index in [2.05, 4.69) is 17.9 Å². The summed E-state index contributed by atoms with van der Waals surface area (Å²) in [5.41, 5.74) is 1.92. The normalized spacial score (nSPS) is 16.9. The summed E-state index contributed by atoms with van der Waals surface area (Å²) < 4.78 is 0. The van der Waals surface area contributed by atoms with Gasteiger partial charge in [0.15, 0.2) is 5.78 Å². The summed E-state index contributed by atoms with van der Waals surface area (Å²) in [4.78, 5) is 25.1. The Bertz CT molecular complexity index is 681. The Morgan fingerprint density at radius 2 is 1.74 bits per heavy atom. The van der Waals surface area contributed by atoms with E-state index in [0.29, 0.717) is 16.1 Å². The van der Waals surface area contributed by atoms with Crippen molar-refractivity contribution in [3.8, 4) is 0 Å². The van der Waals surface area contributed by atoms with Gasteiger partial charge in [-0.15, -0.1) is 12.6 Å². The smallest absolute Gasteiger partial charge is 0.239 e. The number of benzene rings is 2. The number of ketones is 1. The molecule has 1 amide bonds. The number of para-hydroxylation sites is 1. The maximum Gasteiger partial charge on any atom is 0.239 e. The summed E-state index contributed by atoms with van der Waals surface area (Å²) in [5, 5.41) is 2.73. The van der Waals surface area contributed by atoms with Crippen molar-refractivity contribution in [2.75, 3.05) is 5.32 Å². The molecule has 0 fully saturated rings. The molecule has 1 aliphatic rings. The summed E-state index contributed by atoms with van der Waals surface area (Å²) in [6.45, 7) is 0. The average molecular weight is 269 g/mol. The molecule has 0 saturated heterocycles. The van der Waals surface area contributed by atoms with Crippen LogP contribution in [0.15, 0.2) is 53.4 Å². The molecule has 0 bridgehead atoms. The first kappa shape index (κ1) is 12.0. The van der Waals surface area contributed by atoms with Gasteiger partial charge in [-0.2, -0.15) is 0 Å². The van der Waals surface area contributed by atoms with Crippen LogP contribution in [0.2, 0.25) is 0 Å². The zero-order valence-electron chi connectivity index (χ0n) is 9.96. The first-order valence-electron chi connectivity index (χ1n) is 5.90. The summed E-state index contributed by atoms with van der Waals surface area (Å²) in [6.07, 6.45) is 0. The lowest BCUT2D eigenvalue weighted by atomic mass is 9.92. The number of carbonyl (C=O) groups is 2. The van der Waals surface area contributed by atoms with Crippen LogP contribution in [0.3, 0.4) is 0 Å². The minimum Gasteiger partial charge on any atom is -0.325 e. The van der Waals surface area contributed by atoms with Crippen LogP contribution < -0.4 is 5.32 Å². The number of amides is 1. The monoisotopic (exact) mass is 269 g/mol. The van der Waals surface area contributed by atoms with E-state index in [0.717, 1.165) is 5.56 Å². The van der Waals surface area contributed by atoms with Crippen LogP contribution in [0.25, 0.3) is 0 Å². The van der Waals surface area contributed by atoms with Gasteiger partial charge in [-0.3, -0.25) is 9.59 Å². The van der Waals surface area contributed by atoms with Crippen molar-refractivity contribution in [3.05, 3.63) is 59.7 Å². The molecule has 3 rings (SSSR count). The van der Waals surface area contributed by atoms with Crippen molar-refractivity contribution in [1.82, 2.24) is 0 Å². The molecule has 2 aromatic carbocycles. The Kier molecular flexibility index (Phi) is 2.87. The van der Waals surface area contributed by atoms with Crippen LogP contribution in [0.4, 0.5) is 5.69 Å². The molecule has 0 saturated carbocycles. The molecular formula is C15H11NO2S. The van der Waals surface area contributed by atoms with Gasteiger partial charge in [-0.05, 0) is 17.7 Å². The summed E-state index contributed by atoms with van der Waals surface area (Å²) in [7, 11) is 0. The second-order valence-electron chi connectivity index (χ2n) is 4.39. The molecular weight excluding hydrogens is 258 g/mol. The third-order valence-corrected chi connectivity index (χ3v) is 3.61. The van der Waals surface area contributed by atoms with Crippen molar-refractivity contribution >= 4 is 30.0 Å². The fourth-order valence-corrected chi connectivity index (χ4v) is 2.58. The van der Waals surface area contributed by atoms with Crippen molar-refractivity contribution in [3.63, 3.8) is 0 Å². The van der Waals surface area contributed by atoms with Gasteiger partial charge in [0, 0.05) is 16.1 Å². The number of Topliss-reactive ketones (excluding diaryl/α,β-unsaturated/α-hetero) is 1. The fourth-order valence-electron chi connectivity index (χ4n) is 2.31. The van der Waals surface area contributed by atoms with Crippen LogP contribution >= 0.6 is 12.6 Å². The Labute approximate surface area is 116 Å². The number of rotatable bonds is 2. The topological polar surface area (TPSA) is 46.2 Å². The lowest BCUT2D eigenvalue weighted by molar-refractivity contribution is -0.116. The third-order valence-electron chi connectivity index (χ3n) is 3.22. The highest BCUT2D eigenvalue weighted by Crippen LogP contribution is 2.35. The fraction of sp³-hybridized carbons (Fsp3) is 0.0667. The van der Waals surface area contributed by atoms with E-state index in [1.807, 2.05) is 18.2 Å². The SMILES string of the molecule is O=C1Nc2ccccc2C1C(=O)c1ccccc1S. The highest BCUT2D eigenvalue weighted by atomic mass is 32.1. The van der Waals surface area contributed by atoms with Gasteiger partial charge in [0.05, 0.1) is 0 Å². The van der Waals surface area contributed by atoms with Gasteiger partial charge in [0.2, 0.25) is 5.91 Å². The highest BCUT2D eigenvalue weighted by Gasteiger charge is 2.36. The molecule has 1 unspecified atom stereocenters. The zero-order chi connectivity index (χ0) is 13.4. The number of anilines is 1. The standard InChI is InChI=1S/C15H11NO2S/c17-14(10-6-2-4-8-12(10)19)13-9-5-1-3-7-11(9)16-15(13)18/h1-8,13,19H,(H,16,18). The van der Waals surface area contributed by atoms with Crippen LogP contribution in [0.5, 0.6) is 0 Å². The van der Waals surface area contributed by atoms with Gasteiger partial charge >= 0.3 is 0 Å². The van der Waals surface area contributed by atoms with Gasteiger partial charge in [0.25, 0.3) is 0 Å².